The zero-order chi connectivity index (χ0) is 10.6. The average Bonchev–Trinajstić information content (AvgIpc) is 2.47. The Labute approximate surface area is 85.7 Å². The minimum Gasteiger partial charge on any atom is -0.481 e. The monoisotopic (exact) mass is 216 g/mol. The third-order valence-corrected chi connectivity index (χ3v) is 2.30. The number of carboxylic acid groups (broad SMARTS) is 1. The van der Waals surface area contributed by atoms with Gasteiger partial charge in [-0.25, -0.2) is 4.68 Å². The third kappa shape index (κ3) is 3.33. The van der Waals surface area contributed by atoms with Gasteiger partial charge < -0.3 is 5.11 Å². The van der Waals surface area contributed by atoms with E-state index in [9.17, 15) is 4.79 Å². The van der Waals surface area contributed by atoms with Crippen molar-refractivity contribution in [3.05, 3.63) is 0 Å². The number of carboxylic acids is 1. The fourth-order valence-corrected chi connectivity index (χ4v) is 1.49. The highest BCUT2D eigenvalue weighted by atomic mass is 32.2. The molecule has 1 rings (SSSR count). The Bertz CT molecular complexity index is 312. The summed E-state index contributed by atoms with van der Waals surface area (Å²) in [6.45, 7) is 4.80. The quantitative estimate of drug-likeness (QED) is 0.722. The number of tetrazole rings is 1. The molecule has 7 heteroatoms. The van der Waals surface area contributed by atoms with Crippen LogP contribution in [-0.2, 0) is 11.3 Å². The summed E-state index contributed by atoms with van der Waals surface area (Å²) in [6, 6.07) is 0. The summed E-state index contributed by atoms with van der Waals surface area (Å²) >= 11 is 1.13. The smallest absolute Gasteiger partial charge is 0.313 e. The molecule has 1 aromatic heterocycles. The SMILES string of the molecule is CC(C)Cn1nnnc1SCC(=O)O. The van der Waals surface area contributed by atoms with Crippen LogP contribution in [0.3, 0.4) is 0 Å². The molecule has 0 unspecified atom stereocenters. The summed E-state index contributed by atoms with van der Waals surface area (Å²) in [5, 5.41) is 20.1. The van der Waals surface area contributed by atoms with Crippen LogP contribution in [0.4, 0.5) is 0 Å². The number of aromatic nitrogens is 4. The minimum absolute atomic E-state index is 0.0154. The topological polar surface area (TPSA) is 80.9 Å². The van der Waals surface area contributed by atoms with E-state index in [0.717, 1.165) is 11.8 Å². The summed E-state index contributed by atoms with van der Waals surface area (Å²) in [5.74, 6) is -0.449. The molecule has 1 heterocycles. The van der Waals surface area contributed by atoms with E-state index in [-0.39, 0.29) is 5.75 Å². The predicted octanol–water partition coefficient (Wildman–Crippen LogP) is 0.506. The number of aliphatic carboxylic acids is 1. The number of rotatable bonds is 5. The van der Waals surface area contributed by atoms with Crippen molar-refractivity contribution in [1.29, 1.82) is 0 Å². The molecule has 78 valence electrons. The van der Waals surface area contributed by atoms with Gasteiger partial charge in [-0.1, -0.05) is 25.6 Å². The van der Waals surface area contributed by atoms with Crippen LogP contribution in [0.25, 0.3) is 0 Å². The van der Waals surface area contributed by atoms with Gasteiger partial charge in [0.2, 0.25) is 5.16 Å². The molecule has 0 aromatic carbocycles. The highest BCUT2D eigenvalue weighted by molar-refractivity contribution is 7.99. The van der Waals surface area contributed by atoms with E-state index < -0.39 is 5.97 Å². The Morgan fingerprint density at radius 1 is 1.64 bits per heavy atom. The summed E-state index contributed by atoms with van der Waals surface area (Å²) in [7, 11) is 0. The van der Waals surface area contributed by atoms with Crippen LogP contribution in [0.1, 0.15) is 13.8 Å². The van der Waals surface area contributed by atoms with Gasteiger partial charge in [-0.05, 0) is 16.3 Å². The Morgan fingerprint density at radius 2 is 2.36 bits per heavy atom. The second-order valence-electron chi connectivity index (χ2n) is 3.22. The maximum absolute atomic E-state index is 10.3. The first kappa shape index (κ1) is 11.0. The molecule has 14 heavy (non-hydrogen) atoms. The Kier molecular flexibility index (Phi) is 3.87. The molecule has 1 aromatic rings. The van der Waals surface area contributed by atoms with Gasteiger partial charge in [0.25, 0.3) is 0 Å². The first-order valence-electron chi connectivity index (χ1n) is 4.20. The van der Waals surface area contributed by atoms with E-state index in [1.807, 2.05) is 13.8 Å². The van der Waals surface area contributed by atoms with Crippen molar-refractivity contribution in [1.82, 2.24) is 20.2 Å². The van der Waals surface area contributed by atoms with Gasteiger partial charge in [-0.3, -0.25) is 4.79 Å². The highest BCUT2D eigenvalue weighted by Gasteiger charge is 2.09. The molecule has 0 radical (unpaired) electrons. The predicted molar refractivity (Wildman–Crippen MR) is 51.0 cm³/mol. The molecule has 0 saturated heterocycles. The zero-order valence-corrected chi connectivity index (χ0v) is 8.86. The molecule has 0 saturated carbocycles. The van der Waals surface area contributed by atoms with E-state index in [4.69, 9.17) is 5.11 Å². The third-order valence-electron chi connectivity index (χ3n) is 1.36. The lowest BCUT2D eigenvalue weighted by Gasteiger charge is -2.05. The number of nitrogens with zero attached hydrogens (tertiary/aromatic N) is 4. The van der Waals surface area contributed by atoms with Crippen molar-refractivity contribution >= 4 is 17.7 Å². The summed E-state index contributed by atoms with van der Waals surface area (Å²) < 4.78 is 1.62. The molecule has 0 fully saturated rings. The van der Waals surface area contributed by atoms with Crippen LogP contribution in [0.15, 0.2) is 5.16 Å². The minimum atomic E-state index is -0.867. The van der Waals surface area contributed by atoms with Crippen LogP contribution in [0.2, 0.25) is 0 Å². The molecular weight excluding hydrogens is 204 g/mol. The van der Waals surface area contributed by atoms with Crippen molar-refractivity contribution < 1.29 is 9.90 Å². The molecule has 0 aliphatic carbocycles. The van der Waals surface area contributed by atoms with Gasteiger partial charge in [-0.2, -0.15) is 0 Å². The molecule has 6 nitrogen and oxygen atoms in total. The molecular formula is C7H12N4O2S. The lowest BCUT2D eigenvalue weighted by molar-refractivity contribution is -0.133. The molecule has 0 spiro atoms. The Hall–Kier alpha value is -1.11. The highest BCUT2D eigenvalue weighted by Crippen LogP contribution is 2.14. The lowest BCUT2D eigenvalue weighted by atomic mass is 10.2. The molecule has 1 N–H and O–H groups in total. The van der Waals surface area contributed by atoms with Gasteiger partial charge in [0.05, 0.1) is 5.75 Å². The number of thioether (sulfide) groups is 1. The molecule has 0 atom stereocenters. The Balaban J connectivity index is 2.58. The maximum atomic E-state index is 10.3. The number of hydrogen-bond donors (Lipinski definition) is 1. The van der Waals surface area contributed by atoms with Gasteiger partial charge >= 0.3 is 5.97 Å². The van der Waals surface area contributed by atoms with Crippen molar-refractivity contribution in [2.45, 2.75) is 25.5 Å². The van der Waals surface area contributed by atoms with Crippen LogP contribution < -0.4 is 0 Å². The second kappa shape index (κ2) is 4.94. The maximum Gasteiger partial charge on any atom is 0.313 e. The van der Waals surface area contributed by atoms with E-state index in [1.54, 1.807) is 4.68 Å². The second-order valence-corrected chi connectivity index (χ2v) is 4.16. The molecule has 0 bridgehead atoms. The number of hydrogen-bond acceptors (Lipinski definition) is 5. The molecule has 0 amide bonds. The molecule has 0 aliphatic heterocycles. The largest absolute Gasteiger partial charge is 0.481 e. The van der Waals surface area contributed by atoms with Crippen LogP contribution in [0, 0.1) is 5.92 Å². The first-order chi connectivity index (χ1) is 6.59. The molecule has 0 aliphatic rings. The van der Waals surface area contributed by atoms with Crippen LogP contribution in [-0.4, -0.2) is 37.0 Å². The van der Waals surface area contributed by atoms with Gasteiger partial charge in [0.15, 0.2) is 0 Å². The van der Waals surface area contributed by atoms with Crippen molar-refractivity contribution in [3.63, 3.8) is 0 Å². The average molecular weight is 216 g/mol. The van der Waals surface area contributed by atoms with Crippen molar-refractivity contribution in [2.75, 3.05) is 5.75 Å². The summed E-state index contributed by atoms with van der Waals surface area (Å²) in [5.41, 5.74) is 0. The fourth-order valence-electron chi connectivity index (χ4n) is 0.887. The van der Waals surface area contributed by atoms with E-state index in [0.29, 0.717) is 17.6 Å². The number of carbonyl (C=O) groups is 1. The van der Waals surface area contributed by atoms with Crippen molar-refractivity contribution in [3.8, 4) is 0 Å². The van der Waals surface area contributed by atoms with Crippen molar-refractivity contribution in [2.24, 2.45) is 5.92 Å². The van der Waals surface area contributed by atoms with Crippen LogP contribution in [0.5, 0.6) is 0 Å². The lowest BCUT2D eigenvalue weighted by Crippen LogP contribution is -2.08. The normalized spacial score (nSPS) is 10.8. The van der Waals surface area contributed by atoms with E-state index in [2.05, 4.69) is 15.5 Å². The van der Waals surface area contributed by atoms with Crippen LogP contribution >= 0.6 is 11.8 Å². The first-order valence-corrected chi connectivity index (χ1v) is 5.19. The Morgan fingerprint density at radius 3 is 2.93 bits per heavy atom. The van der Waals surface area contributed by atoms with E-state index in [1.165, 1.54) is 0 Å². The summed E-state index contributed by atoms with van der Waals surface area (Å²) in [4.78, 5) is 10.3. The zero-order valence-electron chi connectivity index (χ0n) is 8.04. The standard InChI is InChI=1S/C7H12N4O2S/c1-5(2)3-11-7(8-9-10-11)14-4-6(12)13/h5H,3-4H2,1-2H3,(H,12,13). The fraction of sp³-hybridized carbons (Fsp3) is 0.714. The summed E-state index contributed by atoms with van der Waals surface area (Å²) in [6.07, 6.45) is 0. The van der Waals surface area contributed by atoms with Gasteiger partial charge in [-0.15, -0.1) is 5.10 Å². The van der Waals surface area contributed by atoms with E-state index >= 15 is 0 Å². The van der Waals surface area contributed by atoms with Gasteiger partial charge in [0, 0.05) is 6.54 Å². The van der Waals surface area contributed by atoms with Gasteiger partial charge in [0.1, 0.15) is 0 Å².